The second-order valence-electron chi connectivity index (χ2n) is 5.01. The minimum Gasteiger partial charge on any atom is -0.395 e. The van der Waals surface area contributed by atoms with Crippen LogP contribution in [0.25, 0.3) is 0 Å². The smallest absolute Gasteiger partial charge is 0.234 e. The Balaban J connectivity index is 2.39. The highest BCUT2D eigenvalue weighted by atomic mass is 16.3. The summed E-state index contributed by atoms with van der Waals surface area (Å²) in [6.45, 7) is 5.25. The van der Waals surface area contributed by atoms with Crippen LogP contribution in [0.3, 0.4) is 0 Å². The number of amides is 1. The fourth-order valence-corrected chi connectivity index (χ4v) is 2.40. The van der Waals surface area contributed by atoms with E-state index in [4.69, 9.17) is 5.11 Å². The first-order valence-electron chi connectivity index (χ1n) is 6.81. The van der Waals surface area contributed by atoms with Gasteiger partial charge in [-0.25, -0.2) is 0 Å². The predicted octanol–water partition coefficient (Wildman–Crippen LogP) is 1.14. The number of nitrogens with zero attached hydrogens (tertiary/aromatic N) is 1. The van der Waals surface area contributed by atoms with Gasteiger partial charge in [0.05, 0.1) is 13.2 Å². The molecule has 0 aromatic carbocycles. The van der Waals surface area contributed by atoms with E-state index in [1.165, 1.54) is 12.8 Å². The molecule has 0 saturated heterocycles. The molecule has 0 radical (unpaired) electrons. The Morgan fingerprint density at radius 1 is 1.47 bits per heavy atom. The lowest BCUT2D eigenvalue weighted by Gasteiger charge is -2.27. The van der Waals surface area contributed by atoms with Gasteiger partial charge >= 0.3 is 0 Å². The Morgan fingerprint density at radius 2 is 2.12 bits per heavy atom. The molecule has 0 aromatic rings. The summed E-state index contributed by atoms with van der Waals surface area (Å²) in [7, 11) is 0. The van der Waals surface area contributed by atoms with Gasteiger partial charge in [-0.1, -0.05) is 19.8 Å². The maximum absolute atomic E-state index is 11.8. The molecule has 4 heteroatoms. The van der Waals surface area contributed by atoms with E-state index in [0.29, 0.717) is 19.1 Å². The molecule has 1 fully saturated rings. The maximum Gasteiger partial charge on any atom is 0.234 e. The number of hydrogen-bond donors (Lipinski definition) is 2. The number of aliphatic hydroxyl groups excluding tert-OH is 1. The zero-order valence-corrected chi connectivity index (χ0v) is 11.1. The Hall–Kier alpha value is -0.610. The molecule has 1 aliphatic carbocycles. The third kappa shape index (κ3) is 5.04. The molecule has 0 aliphatic heterocycles. The van der Waals surface area contributed by atoms with Gasteiger partial charge in [0.1, 0.15) is 0 Å². The second-order valence-corrected chi connectivity index (χ2v) is 5.01. The standard InChI is InChI=1S/C13H26N2O2/c1-3-11(2)14-13(17)10-15(8-9-16)12-6-4-5-7-12/h11-12,16H,3-10H2,1-2H3,(H,14,17). The van der Waals surface area contributed by atoms with Crippen molar-refractivity contribution >= 4 is 5.91 Å². The minimum absolute atomic E-state index is 0.0831. The third-order valence-corrected chi connectivity index (χ3v) is 3.59. The highest BCUT2D eigenvalue weighted by Gasteiger charge is 2.24. The zero-order valence-electron chi connectivity index (χ0n) is 11.1. The van der Waals surface area contributed by atoms with Crippen LogP contribution >= 0.6 is 0 Å². The van der Waals surface area contributed by atoms with E-state index in [1.807, 2.05) is 6.92 Å². The van der Waals surface area contributed by atoms with Crippen molar-refractivity contribution < 1.29 is 9.90 Å². The minimum atomic E-state index is 0.0831. The first kappa shape index (κ1) is 14.5. The van der Waals surface area contributed by atoms with Crippen molar-refractivity contribution in [3.63, 3.8) is 0 Å². The van der Waals surface area contributed by atoms with Crippen molar-refractivity contribution in [1.29, 1.82) is 0 Å². The largest absolute Gasteiger partial charge is 0.395 e. The molecule has 1 rings (SSSR count). The van der Waals surface area contributed by atoms with E-state index in [1.54, 1.807) is 0 Å². The van der Waals surface area contributed by atoms with Gasteiger partial charge in [-0.15, -0.1) is 0 Å². The van der Waals surface area contributed by atoms with E-state index >= 15 is 0 Å². The summed E-state index contributed by atoms with van der Waals surface area (Å²) in [6.07, 6.45) is 5.78. The van der Waals surface area contributed by atoms with E-state index in [2.05, 4.69) is 17.1 Å². The van der Waals surface area contributed by atoms with E-state index in [0.717, 1.165) is 19.3 Å². The van der Waals surface area contributed by atoms with E-state index < -0.39 is 0 Å². The summed E-state index contributed by atoms with van der Waals surface area (Å²) >= 11 is 0. The summed E-state index contributed by atoms with van der Waals surface area (Å²) in [6, 6.07) is 0.729. The molecule has 4 nitrogen and oxygen atoms in total. The van der Waals surface area contributed by atoms with Gasteiger partial charge in [-0.05, 0) is 26.2 Å². The molecule has 100 valence electrons. The lowest BCUT2D eigenvalue weighted by Crippen LogP contribution is -2.45. The number of rotatable bonds is 7. The van der Waals surface area contributed by atoms with Crippen molar-refractivity contribution in [3.8, 4) is 0 Å². The first-order chi connectivity index (χ1) is 8.17. The van der Waals surface area contributed by atoms with Gasteiger partial charge in [-0.3, -0.25) is 9.69 Å². The molecule has 1 aliphatic rings. The number of hydrogen-bond acceptors (Lipinski definition) is 3. The van der Waals surface area contributed by atoms with Gasteiger partial charge in [-0.2, -0.15) is 0 Å². The maximum atomic E-state index is 11.8. The Labute approximate surface area is 104 Å². The lowest BCUT2D eigenvalue weighted by atomic mass is 10.2. The first-order valence-corrected chi connectivity index (χ1v) is 6.81. The van der Waals surface area contributed by atoms with E-state index in [9.17, 15) is 4.79 Å². The molecule has 1 saturated carbocycles. The van der Waals surface area contributed by atoms with E-state index in [-0.39, 0.29) is 18.6 Å². The van der Waals surface area contributed by atoms with Gasteiger partial charge in [0.2, 0.25) is 5.91 Å². The number of carbonyl (C=O) groups excluding carboxylic acids is 1. The fraction of sp³-hybridized carbons (Fsp3) is 0.923. The highest BCUT2D eigenvalue weighted by Crippen LogP contribution is 2.22. The normalized spacial score (nSPS) is 18.6. The average molecular weight is 242 g/mol. The van der Waals surface area contributed by atoms with Crippen molar-refractivity contribution in [2.45, 2.75) is 58.0 Å². The summed E-state index contributed by atoms with van der Waals surface area (Å²) in [5.41, 5.74) is 0. The quantitative estimate of drug-likeness (QED) is 0.704. The van der Waals surface area contributed by atoms with Crippen LogP contribution in [0.5, 0.6) is 0 Å². The molecule has 17 heavy (non-hydrogen) atoms. The molecule has 0 spiro atoms. The van der Waals surface area contributed by atoms with Gasteiger partial charge in [0.25, 0.3) is 0 Å². The number of carbonyl (C=O) groups is 1. The van der Waals surface area contributed by atoms with Gasteiger partial charge < -0.3 is 10.4 Å². The summed E-state index contributed by atoms with van der Waals surface area (Å²) in [5.74, 6) is 0.0831. The topological polar surface area (TPSA) is 52.6 Å². The molecular formula is C13H26N2O2. The molecule has 1 amide bonds. The zero-order chi connectivity index (χ0) is 12.7. The van der Waals surface area contributed by atoms with Crippen molar-refractivity contribution in [3.05, 3.63) is 0 Å². The Morgan fingerprint density at radius 3 is 2.65 bits per heavy atom. The van der Waals surface area contributed by atoms with Crippen LogP contribution in [0, 0.1) is 0 Å². The molecular weight excluding hydrogens is 216 g/mol. The van der Waals surface area contributed by atoms with Crippen LogP contribution in [0.1, 0.15) is 46.0 Å². The van der Waals surface area contributed by atoms with Crippen molar-refractivity contribution in [2.75, 3.05) is 19.7 Å². The Kier molecular flexibility index (Phi) is 6.52. The van der Waals surface area contributed by atoms with Crippen molar-refractivity contribution in [1.82, 2.24) is 10.2 Å². The molecule has 0 bridgehead atoms. The third-order valence-electron chi connectivity index (χ3n) is 3.59. The van der Waals surface area contributed by atoms with Crippen LogP contribution in [-0.2, 0) is 4.79 Å². The van der Waals surface area contributed by atoms with Crippen LogP contribution in [0.4, 0.5) is 0 Å². The molecule has 1 unspecified atom stereocenters. The van der Waals surface area contributed by atoms with Crippen LogP contribution in [0.15, 0.2) is 0 Å². The average Bonchev–Trinajstić information content (AvgIpc) is 2.81. The van der Waals surface area contributed by atoms with Crippen LogP contribution in [-0.4, -0.2) is 47.7 Å². The van der Waals surface area contributed by atoms with Crippen LogP contribution < -0.4 is 5.32 Å². The van der Waals surface area contributed by atoms with Crippen molar-refractivity contribution in [2.24, 2.45) is 0 Å². The second kappa shape index (κ2) is 7.67. The predicted molar refractivity (Wildman–Crippen MR) is 68.8 cm³/mol. The SMILES string of the molecule is CCC(C)NC(=O)CN(CCO)C1CCCC1. The highest BCUT2D eigenvalue weighted by molar-refractivity contribution is 5.78. The van der Waals surface area contributed by atoms with Gasteiger partial charge in [0.15, 0.2) is 0 Å². The van der Waals surface area contributed by atoms with Crippen LogP contribution in [0.2, 0.25) is 0 Å². The number of aliphatic hydroxyl groups is 1. The summed E-state index contributed by atoms with van der Waals surface area (Å²) in [5, 5.41) is 12.0. The monoisotopic (exact) mass is 242 g/mol. The molecule has 0 heterocycles. The summed E-state index contributed by atoms with van der Waals surface area (Å²) < 4.78 is 0. The Bertz CT molecular complexity index is 227. The fourth-order valence-electron chi connectivity index (χ4n) is 2.40. The van der Waals surface area contributed by atoms with Gasteiger partial charge in [0, 0.05) is 18.6 Å². The molecule has 0 aromatic heterocycles. The summed E-state index contributed by atoms with van der Waals surface area (Å²) in [4.78, 5) is 13.9. The number of nitrogens with one attached hydrogen (secondary N) is 1. The lowest BCUT2D eigenvalue weighted by molar-refractivity contribution is -0.123. The molecule has 1 atom stereocenters. The molecule has 2 N–H and O–H groups in total.